The van der Waals surface area contributed by atoms with Gasteiger partial charge in [0.1, 0.15) is 6.61 Å². The quantitative estimate of drug-likeness (QED) is 0.341. The fourth-order valence-corrected chi connectivity index (χ4v) is 4.49. The lowest BCUT2D eigenvalue weighted by molar-refractivity contribution is -0.167. The van der Waals surface area contributed by atoms with Crippen LogP contribution in [0, 0.1) is 0 Å². The number of rotatable bonds is 5. The van der Waals surface area contributed by atoms with Crippen LogP contribution in [0.5, 0.6) is 0 Å². The van der Waals surface area contributed by atoms with Gasteiger partial charge in [-0.25, -0.2) is 0 Å². The van der Waals surface area contributed by atoms with Crippen LogP contribution in [-0.2, 0) is 9.53 Å². The summed E-state index contributed by atoms with van der Waals surface area (Å²) in [5.74, 6) is -0.210. The molecule has 0 bridgehead atoms. The fourth-order valence-electron chi connectivity index (χ4n) is 3.25. The van der Waals surface area contributed by atoms with Gasteiger partial charge >= 0.3 is 6.18 Å². The molecule has 2 aromatic rings. The van der Waals surface area contributed by atoms with Crippen molar-refractivity contribution in [3.63, 3.8) is 0 Å². The number of morpholine rings is 1. The molecule has 36 heavy (non-hydrogen) atoms. The van der Waals surface area contributed by atoms with Crippen molar-refractivity contribution in [3.8, 4) is 0 Å². The van der Waals surface area contributed by atoms with E-state index in [-0.39, 0.29) is 23.7 Å². The van der Waals surface area contributed by atoms with Gasteiger partial charge in [0.25, 0.3) is 0 Å². The molecule has 0 N–H and O–H groups in total. The number of carbonyl (C=O) groups excluding carboxylic acids is 1. The molecule has 3 nitrogen and oxygen atoms in total. The Kier molecular flexibility index (Phi) is 14.0. The lowest BCUT2D eigenvalue weighted by Crippen LogP contribution is -2.52. The first-order valence-electron chi connectivity index (χ1n) is 11.4. The molecule has 0 aliphatic carbocycles. The summed E-state index contributed by atoms with van der Waals surface area (Å²) in [5, 5.41) is 1.32. The van der Waals surface area contributed by atoms with Crippen molar-refractivity contribution < 1.29 is 22.7 Å². The second-order valence-electron chi connectivity index (χ2n) is 8.98. The highest BCUT2D eigenvalue weighted by Crippen LogP contribution is 2.36. The molecule has 2 atom stereocenters. The monoisotopic (exact) mass is 563 g/mol. The summed E-state index contributed by atoms with van der Waals surface area (Å²) in [7, 11) is 0. The topological polar surface area (TPSA) is 29.5 Å². The van der Waals surface area contributed by atoms with Crippen LogP contribution in [0.25, 0.3) is 0 Å². The number of hydrogen-bond donors (Lipinski definition) is 0. The van der Waals surface area contributed by atoms with E-state index in [1.54, 1.807) is 30.3 Å². The number of carbonyl (C=O) groups is 1. The Hall–Kier alpha value is -1.67. The van der Waals surface area contributed by atoms with Crippen molar-refractivity contribution in [2.75, 3.05) is 19.0 Å². The van der Waals surface area contributed by atoms with Crippen LogP contribution in [0.2, 0.25) is 10.0 Å². The Labute approximate surface area is 227 Å². The zero-order valence-corrected chi connectivity index (χ0v) is 23.4. The molecule has 1 fully saturated rings. The number of nitrogens with zero attached hydrogens (tertiary/aromatic N) is 1. The highest BCUT2D eigenvalue weighted by molar-refractivity contribution is 8.00. The summed E-state index contributed by atoms with van der Waals surface area (Å²) in [6.45, 7) is 11.1. The smallest absolute Gasteiger partial charge is 0.369 e. The normalized spacial score (nSPS) is 16.8. The lowest BCUT2D eigenvalue weighted by atomic mass is 10.0. The summed E-state index contributed by atoms with van der Waals surface area (Å²) in [5.41, 5.74) is 0.718. The predicted molar refractivity (Wildman–Crippen MR) is 146 cm³/mol. The summed E-state index contributed by atoms with van der Waals surface area (Å²) in [4.78, 5) is 13.9. The summed E-state index contributed by atoms with van der Waals surface area (Å²) < 4.78 is 44.7. The molecular formula is C27H34Cl2F3NO2S. The number of alkyl halides is 3. The van der Waals surface area contributed by atoms with E-state index in [0.29, 0.717) is 5.02 Å². The van der Waals surface area contributed by atoms with Gasteiger partial charge in [-0.3, -0.25) is 4.79 Å². The van der Waals surface area contributed by atoms with E-state index in [9.17, 15) is 18.0 Å². The van der Waals surface area contributed by atoms with Crippen molar-refractivity contribution in [2.45, 2.75) is 57.1 Å². The molecule has 3 rings (SSSR count). The van der Waals surface area contributed by atoms with Crippen LogP contribution in [-0.4, -0.2) is 46.7 Å². The van der Waals surface area contributed by atoms with Crippen LogP contribution in [0.1, 0.15) is 45.7 Å². The molecule has 2 aromatic carbocycles. The second kappa shape index (κ2) is 15.6. The average Bonchev–Trinajstić information content (AvgIpc) is 2.77. The van der Waals surface area contributed by atoms with Crippen LogP contribution < -0.4 is 0 Å². The third kappa shape index (κ3) is 13.0. The first-order valence-corrected chi connectivity index (χ1v) is 13.1. The summed E-state index contributed by atoms with van der Waals surface area (Å²) in [6.07, 6.45) is -3.64. The van der Waals surface area contributed by atoms with Crippen molar-refractivity contribution in [1.82, 2.24) is 4.90 Å². The zero-order chi connectivity index (χ0) is 27.4. The van der Waals surface area contributed by atoms with Crippen LogP contribution in [0.4, 0.5) is 13.2 Å². The van der Waals surface area contributed by atoms with Crippen LogP contribution >= 0.6 is 35.0 Å². The van der Waals surface area contributed by atoms with Gasteiger partial charge in [-0.05, 0) is 36.8 Å². The second-order valence-corrected chi connectivity index (χ2v) is 11.7. The number of ether oxygens (including phenoxy) is 1. The Morgan fingerprint density at radius 3 is 2.06 bits per heavy atom. The molecule has 9 heteroatoms. The number of allylic oxidation sites excluding steroid dienone is 1. The van der Waals surface area contributed by atoms with E-state index < -0.39 is 30.6 Å². The summed E-state index contributed by atoms with van der Waals surface area (Å²) >= 11 is 12.9. The van der Waals surface area contributed by atoms with E-state index in [0.717, 1.165) is 10.6 Å². The van der Waals surface area contributed by atoms with Gasteiger partial charge in [-0.2, -0.15) is 24.9 Å². The lowest BCUT2D eigenvalue weighted by Gasteiger charge is -2.42. The number of halogens is 5. The Balaban J connectivity index is 0.000000540. The average molecular weight is 565 g/mol. The van der Waals surface area contributed by atoms with Crippen LogP contribution in [0.3, 0.4) is 0 Å². The van der Waals surface area contributed by atoms with E-state index in [2.05, 4.69) is 6.58 Å². The first kappa shape index (κ1) is 32.4. The molecule has 0 saturated carbocycles. The minimum absolute atomic E-state index is 0.169. The molecule has 1 saturated heterocycles. The minimum Gasteiger partial charge on any atom is -0.369 e. The predicted octanol–water partition coefficient (Wildman–Crippen LogP) is 8.62. The Morgan fingerprint density at radius 2 is 1.61 bits per heavy atom. The van der Waals surface area contributed by atoms with Gasteiger partial charge < -0.3 is 9.64 Å². The van der Waals surface area contributed by atoms with Gasteiger partial charge in [-0.15, -0.1) is 6.58 Å². The number of amides is 1. The standard InChI is InChI=1S/C18H23ClF3NO2S.C6H5Cl.C3H6/c1-17(2,3)26-11-14(8-18(20,21)22)23-15(9-25-10-16(23)24)12-4-6-13(19)7-5-12;7-6-4-2-1-3-5-6;1-3-2/h4-7,14-15H,8-11H2,1-3H3;1-5H;3H,1H2,2H3. The molecule has 200 valence electrons. The molecule has 1 aliphatic rings. The van der Waals surface area contributed by atoms with E-state index in [1.807, 2.05) is 58.0 Å². The number of thioether (sulfide) groups is 1. The van der Waals surface area contributed by atoms with Gasteiger partial charge in [0, 0.05) is 20.5 Å². The maximum absolute atomic E-state index is 13.2. The molecular weight excluding hydrogens is 530 g/mol. The minimum atomic E-state index is -4.35. The maximum Gasteiger partial charge on any atom is 0.391 e. The van der Waals surface area contributed by atoms with Gasteiger partial charge in [0.2, 0.25) is 5.91 Å². The number of hydrogen-bond acceptors (Lipinski definition) is 3. The van der Waals surface area contributed by atoms with Crippen molar-refractivity contribution in [1.29, 1.82) is 0 Å². The van der Waals surface area contributed by atoms with Gasteiger partial charge in [-0.1, -0.05) is 80.4 Å². The Bertz CT molecular complexity index is 919. The highest BCUT2D eigenvalue weighted by Gasteiger charge is 2.41. The SMILES string of the molecule is C=CC.CC(C)(C)SCC(CC(F)(F)F)N1C(=O)COCC1c1ccc(Cl)cc1.Clc1ccccc1. The zero-order valence-electron chi connectivity index (χ0n) is 21.0. The molecule has 1 amide bonds. The molecule has 0 aromatic heterocycles. The van der Waals surface area contributed by atoms with E-state index in [4.69, 9.17) is 27.9 Å². The molecule has 0 radical (unpaired) electrons. The highest BCUT2D eigenvalue weighted by atomic mass is 35.5. The maximum atomic E-state index is 13.2. The van der Waals surface area contributed by atoms with Crippen molar-refractivity contribution >= 4 is 40.9 Å². The van der Waals surface area contributed by atoms with E-state index >= 15 is 0 Å². The van der Waals surface area contributed by atoms with Crippen molar-refractivity contribution in [3.05, 3.63) is 82.9 Å². The van der Waals surface area contributed by atoms with Gasteiger partial charge in [0.15, 0.2) is 0 Å². The largest absolute Gasteiger partial charge is 0.391 e. The van der Waals surface area contributed by atoms with E-state index in [1.165, 1.54) is 16.7 Å². The third-order valence-electron chi connectivity index (χ3n) is 4.68. The fraction of sp³-hybridized carbons (Fsp3) is 0.444. The third-order valence-corrected chi connectivity index (χ3v) is 6.60. The molecule has 2 unspecified atom stereocenters. The van der Waals surface area contributed by atoms with Gasteiger partial charge in [0.05, 0.1) is 25.1 Å². The molecule has 0 spiro atoms. The molecule has 1 heterocycles. The summed E-state index contributed by atoms with van der Waals surface area (Å²) in [6, 6.07) is 14.7. The molecule has 1 aliphatic heterocycles. The first-order chi connectivity index (χ1) is 16.8. The Morgan fingerprint density at radius 1 is 1.08 bits per heavy atom. The number of benzene rings is 2. The van der Waals surface area contributed by atoms with Crippen LogP contribution in [0.15, 0.2) is 67.3 Å². The van der Waals surface area contributed by atoms with Crippen molar-refractivity contribution in [2.24, 2.45) is 0 Å².